The van der Waals surface area contributed by atoms with Crippen molar-refractivity contribution in [2.75, 3.05) is 55.5 Å². The number of alkyl halides is 2. The van der Waals surface area contributed by atoms with Gasteiger partial charge in [0.15, 0.2) is 64.1 Å². The Morgan fingerprint density at radius 2 is 1.02 bits per heavy atom. The Kier molecular flexibility index (Phi) is 23.2. The first kappa shape index (κ1) is 74.2. The number of aliphatic hydroxyl groups is 8. The van der Waals surface area contributed by atoms with E-state index in [0.717, 1.165) is 80.1 Å². The third-order valence-corrected chi connectivity index (χ3v) is 20.4. The van der Waals surface area contributed by atoms with Gasteiger partial charge in [-0.15, -0.1) is 10.2 Å². The number of nitrogens with one attached hydrogen (secondary N) is 3. The minimum Gasteiger partial charge on any atom is -0.393 e. The Hall–Kier alpha value is -4.47. The van der Waals surface area contributed by atoms with E-state index >= 15 is 0 Å². The summed E-state index contributed by atoms with van der Waals surface area (Å²) >= 11 is 18.2. The number of halogens is 5. The van der Waals surface area contributed by atoms with Gasteiger partial charge in [-0.2, -0.15) is 53.1 Å². The Labute approximate surface area is 554 Å². The molecule has 96 heavy (non-hydrogen) atoms. The van der Waals surface area contributed by atoms with E-state index in [1.165, 1.54) is 10.9 Å². The highest BCUT2D eigenvalue weighted by Gasteiger charge is 2.54. The minimum absolute atomic E-state index is 0.0344. The van der Waals surface area contributed by atoms with Gasteiger partial charge in [-0.1, -0.05) is 36.1 Å². The summed E-state index contributed by atoms with van der Waals surface area (Å²) < 4.78 is 96.3. The van der Waals surface area contributed by atoms with Gasteiger partial charge in [-0.05, 0) is 79.2 Å². The number of ether oxygens (including phenoxy) is 6. The van der Waals surface area contributed by atoms with Gasteiger partial charge in [0.1, 0.15) is 67.4 Å². The zero-order valence-electron chi connectivity index (χ0n) is 50.1. The second-order valence-electron chi connectivity index (χ2n) is 23.5. The van der Waals surface area contributed by atoms with E-state index in [4.69, 9.17) is 93.3 Å². The van der Waals surface area contributed by atoms with Crippen LogP contribution in [0.3, 0.4) is 0 Å². The molecule has 3 saturated heterocycles. The molecule has 6 fully saturated rings. The van der Waals surface area contributed by atoms with Crippen LogP contribution in [0.1, 0.15) is 89.8 Å². The largest absolute Gasteiger partial charge is 0.393 e. The Morgan fingerprint density at radius 3 is 1.44 bits per heavy atom. The number of anilines is 3. The molecule has 6 aromatic heterocycles. The zero-order chi connectivity index (χ0) is 69.6. The summed E-state index contributed by atoms with van der Waals surface area (Å²) in [6.07, 6.45) is -4.97. The molecule has 0 aromatic carbocycles. The highest BCUT2D eigenvalue weighted by atomic mass is 35.5. The maximum atomic E-state index is 14.2. The van der Waals surface area contributed by atoms with Crippen molar-refractivity contribution in [3.8, 4) is 0 Å². The fourth-order valence-electron chi connectivity index (χ4n) is 10.9. The standard InChI is InChI=1S/C16H23ClFN6O8P.C16H23ClFN6O7P.C16H23ClN5O8P/c17-15-20-12(19-7-3-1-2-4-7)9-13(21-15)24(23-22-9)14-11(27)10(26)8(32-14)5-31-16(18,6-25)33(28,29)30;1-16(18,32(27,28)29)30-6-8-10(25)11(26)14(31-8)24-13-9(22-23-24)12(20-15(17)21-13)19-7-4-2-3-5-7;17-16-20-13(18-3-7-1-2-7)8-4-19-22(14(8)21-16)15-12(25)11(24)9(30-15)6-29-10(5-23)31(26,27)28/h7-8,10-11,14,25-27H,1-6H2,(H,19,20,21)(H2,28,29,30);7-8,10-11,14,25-26H,2-6H2,1H3,(H,19,20,21)(H2,27,28,29);4,7,9-12,15,23-25H,1-3,5-6H2,(H,18,20,21)(H2,26,27,28)/t2*8-,10-,11-,14-,16?;9-,10?,11-,12-,15-/m111/s1. The quantitative estimate of drug-likeness (QED) is 0.0275. The number of nitrogens with zero attached hydrogens (tertiary/aromatic N) is 14. The molecule has 0 bridgehead atoms. The van der Waals surface area contributed by atoms with Crippen LogP contribution in [-0.4, -0.2) is 264 Å². The summed E-state index contributed by atoms with van der Waals surface area (Å²) in [6.45, 7) is -3.38. The first-order chi connectivity index (χ1) is 45.2. The summed E-state index contributed by atoms with van der Waals surface area (Å²) in [5, 5.41) is 111. The molecule has 3 unspecified atom stereocenters. The minimum atomic E-state index is -5.50. The van der Waals surface area contributed by atoms with Gasteiger partial charge in [0.2, 0.25) is 15.9 Å². The van der Waals surface area contributed by atoms with Crippen molar-refractivity contribution in [2.45, 2.75) is 174 Å². The molecule has 0 radical (unpaired) electrons. The molecule has 9 heterocycles. The average molecular weight is 1490 g/mol. The average Bonchev–Trinajstić information content (AvgIpc) is 1.64. The smallest absolute Gasteiger partial charge is 0.392 e. The highest BCUT2D eigenvalue weighted by molar-refractivity contribution is 7.53. The fraction of sp³-hybridized carbons (Fsp3) is 0.729. The van der Waals surface area contributed by atoms with E-state index in [1.807, 2.05) is 0 Å². The van der Waals surface area contributed by atoms with E-state index in [9.17, 15) is 53.1 Å². The third-order valence-electron chi connectivity index (χ3n) is 16.5. The molecule has 6 aliphatic rings. The SMILES string of the molecule is CC(F)(OC[C@H]1O[C@@H](n2nnc3c(NC4CCCC4)nc(Cl)nc32)[C@H](O)[C@@H]1O)P(=O)(O)O.O=P(O)(O)C(CO)OC[C@H]1O[C@@H](n2ncc3c(NCC4CC4)nc(Cl)nc32)[C@H](O)[C@@H]1O.O=P(O)(O)C(F)(CO)OC[C@H]1O[C@@H](n2nnc3c(NC4CCCC4)nc(Cl)nc32)[C@H](O)[C@@H]1O. The van der Waals surface area contributed by atoms with Gasteiger partial charge in [0.05, 0.1) is 38.0 Å². The summed E-state index contributed by atoms with van der Waals surface area (Å²) in [6, 6.07) is 0.387. The van der Waals surface area contributed by atoms with Crippen molar-refractivity contribution in [2.24, 2.45) is 5.92 Å². The number of hydrogen-bond acceptors (Lipinski definition) is 31. The third kappa shape index (κ3) is 16.5. The van der Waals surface area contributed by atoms with Gasteiger partial charge < -0.3 is 115 Å². The fourth-order valence-corrected chi connectivity index (χ4v) is 12.5. The molecule has 12 rings (SSSR count). The highest BCUT2D eigenvalue weighted by Crippen LogP contribution is 2.54. The van der Waals surface area contributed by atoms with E-state index in [-0.39, 0.29) is 55.9 Å². The number of aromatic nitrogens is 14. The van der Waals surface area contributed by atoms with Crippen LogP contribution >= 0.6 is 57.6 Å². The lowest BCUT2D eigenvalue weighted by molar-refractivity contribution is -0.158. The van der Waals surface area contributed by atoms with Gasteiger partial charge in [-0.3, -0.25) is 13.7 Å². The Bertz CT molecular complexity index is 3830. The van der Waals surface area contributed by atoms with Crippen LogP contribution in [0.2, 0.25) is 15.9 Å². The van der Waals surface area contributed by atoms with Crippen LogP contribution < -0.4 is 16.0 Å². The molecular formula is C48H69Cl3F2N17O23P3. The van der Waals surface area contributed by atoms with E-state index < -0.39 is 146 Å². The Morgan fingerprint density at radius 1 is 0.594 bits per heavy atom. The maximum absolute atomic E-state index is 14.2. The lowest BCUT2D eigenvalue weighted by Crippen LogP contribution is -2.39. The molecule has 15 atom stereocenters. The number of aliphatic hydroxyl groups excluding tert-OH is 8. The molecule has 48 heteroatoms. The number of rotatable bonds is 24. The molecule has 3 aliphatic heterocycles. The normalized spacial score (nSPS) is 28.4. The number of hydrogen-bond donors (Lipinski definition) is 17. The van der Waals surface area contributed by atoms with E-state index in [1.54, 1.807) is 0 Å². The Balaban J connectivity index is 0.000000157. The first-order valence-corrected chi connectivity index (χ1v) is 35.7. The molecule has 3 saturated carbocycles. The monoisotopic (exact) mass is 1490 g/mol. The molecule has 17 N–H and O–H groups in total. The van der Waals surface area contributed by atoms with Crippen molar-refractivity contribution in [3.63, 3.8) is 0 Å². The second kappa shape index (κ2) is 30.0. The molecular weight excluding hydrogens is 1420 g/mol. The lowest BCUT2D eigenvalue weighted by Gasteiger charge is -2.26. The molecule has 0 spiro atoms. The lowest BCUT2D eigenvalue weighted by atomic mass is 10.1. The molecule has 534 valence electrons. The van der Waals surface area contributed by atoms with Crippen LogP contribution in [0.5, 0.6) is 0 Å². The first-order valence-electron chi connectivity index (χ1n) is 29.7. The molecule has 6 aromatic rings. The molecule has 3 aliphatic carbocycles. The van der Waals surface area contributed by atoms with Crippen molar-refractivity contribution in [1.29, 1.82) is 0 Å². The van der Waals surface area contributed by atoms with Crippen molar-refractivity contribution in [1.82, 2.24) is 69.7 Å². The van der Waals surface area contributed by atoms with Gasteiger partial charge in [-0.25, -0.2) is 4.68 Å². The van der Waals surface area contributed by atoms with Gasteiger partial charge in [0.25, 0.3) is 0 Å². The van der Waals surface area contributed by atoms with Crippen LogP contribution in [0, 0.1) is 5.92 Å². The van der Waals surface area contributed by atoms with Crippen LogP contribution in [0.25, 0.3) is 33.4 Å². The van der Waals surface area contributed by atoms with E-state index in [2.05, 4.69) is 81.1 Å². The zero-order valence-corrected chi connectivity index (χ0v) is 55.0. The van der Waals surface area contributed by atoms with Crippen molar-refractivity contribution in [3.05, 3.63) is 22.0 Å². The summed E-state index contributed by atoms with van der Waals surface area (Å²) in [5.74, 6) is 0.0413. The number of fused-ring (bicyclic) bond motifs is 3. The van der Waals surface area contributed by atoms with Crippen molar-refractivity contribution < 1.29 is 121 Å². The van der Waals surface area contributed by atoms with Crippen molar-refractivity contribution >= 4 is 108 Å². The van der Waals surface area contributed by atoms with Crippen LogP contribution in [-0.2, 0) is 42.1 Å². The molecule has 40 nitrogen and oxygen atoms in total. The predicted molar refractivity (Wildman–Crippen MR) is 323 cm³/mol. The molecule has 0 amide bonds. The topological polar surface area (TPSA) is 582 Å². The predicted octanol–water partition coefficient (Wildman–Crippen LogP) is -0.222. The summed E-state index contributed by atoms with van der Waals surface area (Å²) in [7, 11) is -15.5. The van der Waals surface area contributed by atoms with Gasteiger partial charge in [0, 0.05) is 25.6 Å². The van der Waals surface area contributed by atoms with E-state index in [0.29, 0.717) is 35.7 Å². The maximum Gasteiger partial charge on any atom is 0.392 e. The van der Waals surface area contributed by atoms with Crippen LogP contribution in [0.15, 0.2) is 6.20 Å². The second-order valence-corrected chi connectivity index (χ2v) is 29.9. The summed E-state index contributed by atoms with van der Waals surface area (Å²) in [4.78, 5) is 79.3. The van der Waals surface area contributed by atoms with Gasteiger partial charge >= 0.3 is 34.0 Å². The summed E-state index contributed by atoms with van der Waals surface area (Å²) in [5.41, 5.74) is -5.95. The van der Waals surface area contributed by atoms with Crippen LogP contribution in [0.4, 0.5) is 26.2 Å².